The van der Waals surface area contributed by atoms with Crippen molar-refractivity contribution in [1.29, 1.82) is 0 Å². The first-order valence-electron chi connectivity index (χ1n) is 5.95. The lowest BCUT2D eigenvalue weighted by molar-refractivity contribution is 0.243. The van der Waals surface area contributed by atoms with Crippen LogP contribution >= 0.6 is 11.8 Å². The van der Waals surface area contributed by atoms with Gasteiger partial charge in [0.25, 0.3) is 0 Å². The van der Waals surface area contributed by atoms with E-state index in [-0.39, 0.29) is 18.6 Å². The Morgan fingerprint density at radius 3 is 2.94 bits per heavy atom. The van der Waals surface area contributed by atoms with E-state index >= 15 is 0 Å². The average molecular weight is 268 g/mol. The van der Waals surface area contributed by atoms with Crippen molar-refractivity contribution >= 4 is 23.5 Å². The largest absolute Gasteiger partial charge is 0.396 e. The zero-order chi connectivity index (χ0) is 13.4. The van der Waals surface area contributed by atoms with Gasteiger partial charge in [-0.2, -0.15) is 0 Å². The van der Waals surface area contributed by atoms with Crippen molar-refractivity contribution in [3.05, 3.63) is 24.3 Å². The van der Waals surface area contributed by atoms with Crippen molar-refractivity contribution in [2.24, 2.45) is 5.92 Å². The van der Waals surface area contributed by atoms with Gasteiger partial charge in [-0.3, -0.25) is 0 Å². The van der Waals surface area contributed by atoms with Gasteiger partial charge >= 0.3 is 6.03 Å². The third-order valence-corrected chi connectivity index (χ3v) is 3.29. The molecule has 0 aliphatic carbocycles. The molecule has 0 fully saturated rings. The molecular formula is C13H20N2O2S. The molecule has 100 valence electrons. The van der Waals surface area contributed by atoms with Crippen LogP contribution < -0.4 is 10.6 Å². The van der Waals surface area contributed by atoms with Crippen LogP contribution in [0.2, 0.25) is 0 Å². The van der Waals surface area contributed by atoms with Crippen LogP contribution in [0.5, 0.6) is 0 Å². The summed E-state index contributed by atoms with van der Waals surface area (Å²) in [6.45, 7) is 2.71. The Hall–Kier alpha value is -1.20. The first-order chi connectivity index (χ1) is 8.65. The Kier molecular flexibility index (Phi) is 6.60. The van der Waals surface area contributed by atoms with Gasteiger partial charge in [0.2, 0.25) is 0 Å². The SMILES string of the molecule is CSc1cccc(NC(=O)NCC(C)CCO)c1. The molecular weight excluding hydrogens is 248 g/mol. The van der Waals surface area contributed by atoms with Crippen molar-refractivity contribution in [2.45, 2.75) is 18.2 Å². The zero-order valence-corrected chi connectivity index (χ0v) is 11.6. The number of thioether (sulfide) groups is 1. The molecule has 1 aromatic carbocycles. The minimum absolute atomic E-state index is 0.153. The van der Waals surface area contributed by atoms with Crippen molar-refractivity contribution in [2.75, 3.05) is 24.7 Å². The molecule has 5 heteroatoms. The summed E-state index contributed by atoms with van der Waals surface area (Å²) >= 11 is 1.64. The number of hydrogen-bond acceptors (Lipinski definition) is 3. The molecule has 0 aliphatic heterocycles. The second-order valence-corrected chi connectivity index (χ2v) is 5.06. The number of urea groups is 1. The summed E-state index contributed by atoms with van der Waals surface area (Å²) < 4.78 is 0. The number of aliphatic hydroxyl groups is 1. The Morgan fingerprint density at radius 2 is 2.28 bits per heavy atom. The van der Waals surface area contributed by atoms with Crippen LogP contribution in [-0.2, 0) is 0 Å². The highest BCUT2D eigenvalue weighted by molar-refractivity contribution is 7.98. The lowest BCUT2D eigenvalue weighted by atomic mass is 10.1. The van der Waals surface area contributed by atoms with Gasteiger partial charge in [0.15, 0.2) is 0 Å². The summed E-state index contributed by atoms with van der Waals surface area (Å²) in [5, 5.41) is 14.3. The van der Waals surface area contributed by atoms with Gasteiger partial charge in [-0.1, -0.05) is 13.0 Å². The van der Waals surface area contributed by atoms with Crippen LogP contribution in [0.1, 0.15) is 13.3 Å². The number of rotatable bonds is 6. The number of anilines is 1. The van der Waals surface area contributed by atoms with Gasteiger partial charge in [-0.05, 0) is 36.8 Å². The maximum absolute atomic E-state index is 11.6. The van der Waals surface area contributed by atoms with E-state index < -0.39 is 0 Å². The molecule has 0 heterocycles. The van der Waals surface area contributed by atoms with Crippen LogP contribution in [0.4, 0.5) is 10.5 Å². The van der Waals surface area contributed by atoms with E-state index in [1.165, 1.54) is 0 Å². The minimum atomic E-state index is -0.210. The highest BCUT2D eigenvalue weighted by atomic mass is 32.2. The van der Waals surface area contributed by atoms with Crippen molar-refractivity contribution in [3.8, 4) is 0 Å². The summed E-state index contributed by atoms with van der Waals surface area (Å²) in [4.78, 5) is 12.7. The second-order valence-electron chi connectivity index (χ2n) is 4.18. The number of carbonyl (C=O) groups is 1. The first-order valence-corrected chi connectivity index (χ1v) is 7.18. The Bertz CT molecular complexity index is 385. The Morgan fingerprint density at radius 1 is 1.50 bits per heavy atom. The summed E-state index contributed by atoms with van der Waals surface area (Å²) in [6, 6.07) is 7.49. The quantitative estimate of drug-likeness (QED) is 0.695. The van der Waals surface area contributed by atoms with E-state index in [1.807, 2.05) is 37.4 Å². The molecule has 0 aliphatic rings. The molecule has 18 heavy (non-hydrogen) atoms. The molecule has 4 nitrogen and oxygen atoms in total. The molecule has 1 unspecified atom stereocenters. The predicted octanol–water partition coefficient (Wildman–Crippen LogP) is 2.55. The van der Waals surface area contributed by atoms with E-state index in [9.17, 15) is 4.79 Å². The molecule has 2 amide bonds. The topological polar surface area (TPSA) is 61.4 Å². The number of carbonyl (C=O) groups excluding carboxylic acids is 1. The predicted molar refractivity (Wildman–Crippen MR) is 76.1 cm³/mol. The molecule has 0 spiro atoms. The highest BCUT2D eigenvalue weighted by Gasteiger charge is 2.05. The monoisotopic (exact) mass is 268 g/mol. The maximum atomic E-state index is 11.6. The van der Waals surface area contributed by atoms with Crippen LogP contribution in [0, 0.1) is 5.92 Å². The van der Waals surface area contributed by atoms with E-state index in [2.05, 4.69) is 10.6 Å². The van der Waals surface area contributed by atoms with Crippen molar-refractivity contribution in [3.63, 3.8) is 0 Å². The zero-order valence-electron chi connectivity index (χ0n) is 10.8. The third kappa shape index (κ3) is 5.42. The van der Waals surface area contributed by atoms with E-state index in [0.29, 0.717) is 13.0 Å². The molecule has 1 aromatic rings. The van der Waals surface area contributed by atoms with Crippen LogP contribution in [0.25, 0.3) is 0 Å². The minimum Gasteiger partial charge on any atom is -0.396 e. The smallest absolute Gasteiger partial charge is 0.319 e. The van der Waals surface area contributed by atoms with E-state index in [0.717, 1.165) is 10.6 Å². The van der Waals surface area contributed by atoms with E-state index in [1.54, 1.807) is 11.8 Å². The highest BCUT2D eigenvalue weighted by Crippen LogP contribution is 2.18. The maximum Gasteiger partial charge on any atom is 0.319 e. The van der Waals surface area contributed by atoms with E-state index in [4.69, 9.17) is 5.11 Å². The summed E-state index contributed by atoms with van der Waals surface area (Å²) in [6.07, 6.45) is 2.69. The van der Waals surface area contributed by atoms with Gasteiger partial charge in [-0.25, -0.2) is 4.79 Å². The van der Waals surface area contributed by atoms with Gasteiger partial charge in [0, 0.05) is 23.7 Å². The summed E-state index contributed by atoms with van der Waals surface area (Å²) in [5.74, 6) is 0.276. The summed E-state index contributed by atoms with van der Waals surface area (Å²) in [7, 11) is 0. The van der Waals surface area contributed by atoms with Crippen LogP contribution in [0.15, 0.2) is 29.2 Å². The van der Waals surface area contributed by atoms with Gasteiger partial charge < -0.3 is 15.7 Å². The summed E-state index contributed by atoms with van der Waals surface area (Å²) in [5.41, 5.74) is 0.786. The lowest BCUT2D eigenvalue weighted by Gasteiger charge is -2.12. The number of amides is 2. The molecule has 0 aromatic heterocycles. The standard InChI is InChI=1S/C13H20N2O2S/c1-10(6-7-16)9-14-13(17)15-11-4-3-5-12(8-11)18-2/h3-5,8,10,16H,6-7,9H2,1-2H3,(H2,14,15,17). The Balaban J connectivity index is 2.39. The van der Waals surface area contributed by atoms with Gasteiger partial charge in [-0.15, -0.1) is 11.8 Å². The van der Waals surface area contributed by atoms with Gasteiger partial charge in [0.1, 0.15) is 0 Å². The molecule has 1 rings (SSSR count). The number of nitrogens with one attached hydrogen (secondary N) is 2. The van der Waals surface area contributed by atoms with Gasteiger partial charge in [0.05, 0.1) is 0 Å². The van der Waals surface area contributed by atoms with Crippen molar-refractivity contribution in [1.82, 2.24) is 5.32 Å². The first kappa shape index (κ1) is 14.9. The fourth-order valence-electron chi connectivity index (χ4n) is 1.47. The molecule has 0 saturated heterocycles. The average Bonchev–Trinajstić information content (AvgIpc) is 2.37. The molecule has 0 bridgehead atoms. The fraction of sp³-hybridized carbons (Fsp3) is 0.462. The molecule has 3 N–H and O–H groups in total. The lowest BCUT2D eigenvalue weighted by Crippen LogP contribution is -2.32. The number of aliphatic hydroxyl groups excluding tert-OH is 1. The second kappa shape index (κ2) is 8.00. The third-order valence-electron chi connectivity index (χ3n) is 2.56. The Labute approximate surface area is 112 Å². The van der Waals surface area contributed by atoms with Crippen LogP contribution in [0.3, 0.4) is 0 Å². The van der Waals surface area contributed by atoms with Crippen molar-refractivity contribution < 1.29 is 9.90 Å². The molecule has 0 saturated carbocycles. The number of hydrogen-bond donors (Lipinski definition) is 3. The molecule has 1 atom stereocenters. The number of benzene rings is 1. The van der Waals surface area contributed by atoms with Crippen LogP contribution in [-0.4, -0.2) is 30.5 Å². The fourth-order valence-corrected chi connectivity index (χ4v) is 1.92. The normalized spacial score (nSPS) is 11.9. The molecule has 0 radical (unpaired) electrons.